The van der Waals surface area contributed by atoms with Gasteiger partial charge < -0.3 is 10.0 Å². The highest BCUT2D eigenvalue weighted by molar-refractivity contribution is 9.10. The molecule has 28 heavy (non-hydrogen) atoms. The monoisotopic (exact) mass is 438 g/mol. The maximum absolute atomic E-state index is 11.1. The quantitative estimate of drug-likeness (QED) is 0.514. The molecule has 3 rings (SSSR count). The molecule has 0 fully saturated rings. The van der Waals surface area contributed by atoms with Gasteiger partial charge in [0.15, 0.2) is 0 Å². The van der Waals surface area contributed by atoms with Crippen LogP contribution < -0.4 is 4.90 Å². The molecule has 0 amide bonds. The van der Waals surface area contributed by atoms with Crippen LogP contribution in [0.15, 0.2) is 71.3 Å². The fraction of sp³-hybridized carbons (Fsp3) is 0.217. The molecule has 0 unspecified atom stereocenters. The molecule has 0 bridgehead atoms. The van der Waals surface area contributed by atoms with E-state index in [-0.39, 0.29) is 5.56 Å². The number of halogens is 1. The molecule has 0 atom stereocenters. The predicted molar refractivity (Wildman–Crippen MR) is 116 cm³/mol. The summed E-state index contributed by atoms with van der Waals surface area (Å²) in [6.45, 7) is 3.58. The minimum atomic E-state index is -0.961. The van der Waals surface area contributed by atoms with Crippen LogP contribution in [0.3, 0.4) is 0 Å². The lowest BCUT2D eigenvalue weighted by molar-refractivity contribution is 0.0696. The Hall–Kier alpha value is -2.66. The molecule has 1 heterocycles. The van der Waals surface area contributed by atoms with E-state index >= 15 is 0 Å². The number of nitrogens with zero attached hydrogens (tertiary/aromatic N) is 2. The number of hydrogen-bond acceptors (Lipinski definition) is 3. The maximum Gasteiger partial charge on any atom is 0.337 e. The van der Waals surface area contributed by atoms with Crippen molar-refractivity contribution in [3.8, 4) is 0 Å². The Morgan fingerprint density at radius 1 is 1.04 bits per heavy atom. The lowest BCUT2D eigenvalue weighted by Gasteiger charge is -2.24. The van der Waals surface area contributed by atoms with Crippen LogP contribution in [0.4, 0.5) is 5.82 Å². The van der Waals surface area contributed by atoms with Crippen LogP contribution in [0.1, 0.15) is 34.0 Å². The molecule has 0 saturated heterocycles. The van der Waals surface area contributed by atoms with Crippen molar-refractivity contribution in [2.75, 3.05) is 11.4 Å². The van der Waals surface area contributed by atoms with Crippen molar-refractivity contribution < 1.29 is 9.90 Å². The summed E-state index contributed by atoms with van der Waals surface area (Å²) in [4.78, 5) is 17.6. The molecule has 1 aromatic heterocycles. The molecule has 1 N–H and O–H groups in total. The van der Waals surface area contributed by atoms with Crippen LogP contribution in [0.5, 0.6) is 0 Å². The Labute approximate surface area is 174 Å². The van der Waals surface area contributed by atoms with Crippen LogP contribution in [0.2, 0.25) is 0 Å². The van der Waals surface area contributed by atoms with Crippen molar-refractivity contribution in [1.29, 1.82) is 0 Å². The summed E-state index contributed by atoms with van der Waals surface area (Å²) in [5, 5.41) is 9.07. The predicted octanol–water partition coefficient (Wildman–Crippen LogP) is 5.35. The minimum absolute atomic E-state index is 0.200. The molecule has 0 aliphatic heterocycles. The summed E-state index contributed by atoms with van der Waals surface area (Å²) in [5.41, 5.74) is 4.09. The van der Waals surface area contributed by atoms with Gasteiger partial charge in [0.2, 0.25) is 0 Å². The van der Waals surface area contributed by atoms with Crippen LogP contribution in [-0.4, -0.2) is 22.6 Å². The van der Waals surface area contributed by atoms with Gasteiger partial charge in [0.05, 0.1) is 5.56 Å². The smallest absolute Gasteiger partial charge is 0.337 e. The van der Waals surface area contributed by atoms with E-state index in [1.54, 1.807) is 12.1 Å². The molecule has 5 heteroatoms. The number of carboxylic acids is 1. The van der Waals surface area contributed by atoms with E-state index in [2.05, 4.69) is 75.2 Å². The van der Waals surface area contributed by atoms with E-state index in [0.717, 1.165) is 36.2 Å². The Morgan fingerprint density at radius 3 is 2.46 bits per heavy atom. The van der Waals surface area contributed by atoms with E-state index in [9.17, 15) is 4.79 Å². The van der Waals surface area contributed by atoms with Crippen LogP contribution in [0, 0.1) is 0 Å². The Kier molecular flexibility index (Phi) is 6.82. The molecule has 0 aliphatic carbocycles. The van der Waals surface area contributed by atoms with Crippen molar-refractivity contribution in [2.45, 2.75) is 26.3 Å². The average molecular weight is 439 g/mol. The van der Waals surface area contributed by atoms with Gasteiger partial charge in [-0.3, -0.25) is 0 Å². The summed E-state index contributed by atoms with van der Waals surface area (Å²) >= 11 is 3.59. The number of rotatable bonds is 8. The molecule has 0 aliphatic rings. The normalized spacial score (nSPS) is 10.6. The van der Waals surface area contributed by atoms with Gasteiger partial charge in [-0.1, -0.05) is 52.3 Å². The fourth-order valence-electron chi connectivity index (χ4n) is 3.17. The first-order valence-electron chi connectivity index (χ1n) is 9.32. The summed E-state index contributed by atoms with van der Waals surface area (Å²) in [5.74, 6) is -0.182. The van der Waals surface area contributed by atoms with Crippen molar-refractivity contribution in [1.82, 2.24) is 4.98 Å². The first-order valence-corrected chi connectivity index (χ1v) is 10.1. The number of hydrogen-bond donors (Lipinski definition) is 1. The highest BCUT2D eigenvalue weighted by atomic mass is 79.9. The van der Waals surface area contributed by atoms with Crippen molar-refractivity contribution >= 4 is 27.7 Å². The zero-order valence-electron chi connectivity index (χ0n) is 15.8. The summed E-state index contributed by atoms with van der Waals surface area (Å²) in [6.07, 6.45) is 3.38. The van der Waals surface area contributed by atoms with E-state index in [1.807, 2.05) is 6.07 Å². The second kappa shape index (κ2) is 9.51. The third kappa shape index (κ3) is 5.20. The van der Waals surface area contributed by atoms with E-state index in [0.29, 0.717) is 0 Å². The molecule has 4 nitrogen and oxygen atoms in total. The summed E-state index contributed by atoms with van der Waals surface area (Å²) < 4.78 is 1.05. The maximum atomic E-state index is 11.1. The second-order valence-electron chi connectivity index (χ2n) is 6.62. The molecular formula is C23H23BrN2O2. The molecule has 2 aromatic carbocycles. The first kappa shape index (κ1) is 20.1. The average Bonchev–Trinajstić information content (AvgIpc) is 2.72. The van der Waals surface area contributed by atoms with Gasteiger partial charge in [-0.05, 0) is 60.7 Å². The van der Waals surface area contributed by atoms with Crippen molar-refractivity contribution in [2.24, 2.45) is 0 Å². The highest BCUT2D eigenvalue weighted by Gasteiger charge is 2.12. The number of anilines is 1. The molecule has 3 aromatic rings. The number of aromatic carboxylic acids is 1. The van der Waals surface area contributed by atoms with Crippen LogP contribution >= 0.6 is 15.9 Å². The minimum Gasteiger partial charge on any atom is -0.478 e. The summed E-state index contributed by atoms with van der Waals surface area (Å²) in [7, 11) is 0. The summed E-state index contributed by atoms with van der Waals surface area (Å²) in [6, 6.07) is 20.3. The number of benzene rings is 2. The van der Waals surface area contributed by atoms with Gasteiger partial charge in [-0.2, -0.15) is 0 Å². The third-order valence-electron chi connectivity index (χ3n) is 4.76. The van der Waals surface area contributed by atoms with Gasteiger partial charge in [0.25, 0.3) is 0 Å². The Balaban J connectivity index is 1.79. The molecular weight excluding hydrogens is 416 g/mol. The van der Waals surface area contributed by atoms with Crippen molar-refractivity contribution in [3.63, 3.8) is 0 Å². The lowest BCUT2D eigenvalue weighted by Crippen LogP contribution is -2.24. The van der Waals surface area contributed by atoms with Gasteiger partial charge >= 0.3 is 5.97 Å². The van der Waals surface area contributed by atoms with Crippen LogP contribution in [-0.2, 0) is 19.4 Å². The van der Waals surface area contributed by atoms with E-state index < -0.39 is 5.97 Å². The third-order valence-corrected chi connectivity index (χ3v) is 5.25. The van der Waals surface area contributed by atoms with Crippen LogP contribution in [0.25, 0.3) is 0 Å². The standard InChI is InChI=1S/C23H23BrN2O2/c1-2-26(22-13-11-19(15-25-22)23(27)28)16-20-14-21(24)12-10-18(20)9-8-17-6-4-3-5-7-17/h3-7,10-15H,2,8-9,16H2,1H3,(H,27,28). The molecule has 0 radical (unpaired) electrons. The lowest BCUT2D eigenvalue weighted by atomic mass is 9.99. The van der Waals surface area contributed by atoms with Gasteiger partial charge in [0, 0.05) is 23.8 Å². The number of aromatic nitrogens is 1. The van der Waals surface area contributed by atoms with Gasteiger partial charge in [0.1, 0.15) is 5.82 Å². The molecule has 0 spiro atoms. The number of carboxylic acid groups (broad SMARTS) is 1. The van der Waals surface area contributed by atoms with Crippen molar-refractivity contribution in [3.05, 3.63) is 93.6 Å². The van der Waals surface area contributed by atoms with Gasteiger partial charge in [-0.25, -0.2) is 9.78 Å². The number of aryl methyl sites for hydroxylation is 2. The first-order chi connectivity index (χ1) is 13.6. The zero-order chi connectivity index (χ0) is 19.9. The Morgan fingerprint density at radius 2 is 1.82 bits per heavy atom. The second-order valence-corrected chi connectivity index (χ2v) is 7.54. The SMILES string of the molecule is CCN(Cc1cc(Br)ccc1CCc1ccccc1)c1ccc(C(=O)O)cn1. The van der Waals surface area contributed by atoms with E-state index in [1.165, 1.54) is 22.9 Å². The number of pyridine rings is 1. The van der Waals surface area contributed by atoms with E-state index in [4.69, 9.17) is 5.11 Å². The molecule has 144 valence electrons. The number of carbonyl (C=O) groups is 1. The van der Waals surface area contributed by atoms with Gasteiger partial charge in [-0.15, -0.1) is 0 Å². The highest BCUT2D eigenvalue weighted by Crippen LogP contribution is 2.22. The topological polar surface area (TPSA) is 53.4 Å². The fourth-order valence-corrected chi connectivity index (χ4v) is 3.58. The zero-order valence-corrected chi connectivity index (χ0v) is 17.4. The molecule has 0 saturated carbocycles. The largest absolute Gasteiger partial charge is 0.478 e. The Bertz CT molecular complexity index is 927.